The molecule has 122 valence electrons. The van der Waals surface area contributed by atoms with Crippen LogP contribution in [-0.4, -0.2) is 42.4 Å². The SMILES string of the molecule is CCCCCCCCCC[N+](CCC)(CCC)CCO. The lowest BCUT2D eigenvalue weighted by Crippen LogP contribution is -2.51. The first-order chi connectivity index (χ1) is 9.74. The predicted molar refractivity (Wildman–Crippen MR) is 90.0 cm³/mol. The van der Waals surface area contributed by atoms with Crippen LogP contribution in [0.4, 0.5) is 0 Å². The minimum Gasteiger partial charge on any atom is -0.391 e. The summed E-state index contributed by atoms with van der Waals surface area (Å²) in [6.07, 6.45) is 13.6. The lowest BCUT2D eigenvalue weighted by Gasteiger charge is -2.38. The summed E-state index contributed by atoms with van der Waals surface area (Å²) in [4.78, 5) is 0. The molecule has 1 N–H and O–H groups in total. The van der Waals surface area contributed by atoms with E-state index in [-0.39, 0.29) is 0 Å². The quantitative estimate of drug-likeness (QED) is 0.340. The lowest BCUT2D eigenvalue weighted by molar-refractivity contribution is -0.928. The van der Waals surface area contributed by atoms with Crippen molar-refractivity contribution in [1.82, 2.24) is 0 Å². The van der Waals surface area contributed by atoms with Crippen LogP contribution >= 0.6 is 0 Å². The number of quaternary nitrogens is 1. The van der Waals surface area contributed by atoms with Gasteiger partial charge in [0.1, 0.15) is 6.54 Å². The zero-order chi connectivity index (χ0) is 15.1. The molecular weight excluding hydrogens is 246 g/mol. The molecule has 0 amide bonds. The van der Waals surface area contributed by atoms with Gasteiger partial charge in [-0.2, -0.15) is 0 Å². The average molecular weight is 287 g/mol. The van der Waals surface area contributed by atoms with Gasteiger partial charge in [-0.25, -0.2) is 0 Å². The summed E-state index contributed by atoms with van der Waals surface area (Å²) in [5.74, 6) is 0. The smallest absolute Gasteiger partial charge is 0.102 e. The topological polar surface area (TPSA) is 20.2 Å². The standard InChI is InChI=1S/C18H40NO/c1-4-7-8-9-10-11-12-13-16-19(14-5-2,15-6-3)17-18-20/h20H,4-18H2,1-3H3/q+1. The highest BCUT2D eigenvalue weighted by atomic mass is 16.3. The van der Waals surface area contributed by atoms with Gasteiger partial charge in [-0.3, -0.25) is 0 Å². The van der Waals surface area contributed by atoms with E-state index < -0.39 is 0 Å². The van der Waals surface area contributed by atoms with Crippen LogP contribution in [0.15, 0.2) is 0 Å². The van der Waals surface area contributed by atoms with Crippen molar-refractivity contribution in [3.05, 3.63) is 0 Å². The van der Waals surface area contributed by atoms with Gasteiger partial charge in [0.05, 0.1) is 26.2 Å². The summed E-state index contributed by atoms with van der Waals surface area (Å²) in [6, 6.07) is 0. The molecule has 0 radical (unpaired) electrons. The van der Waals surface area contributed by atoms with Crippen molar-refractivity contribution in [3.63, 3.8) is 0 Å². The summed E-state index contributed by atoms with van der Waals surface area (Å²) in [6.45, 7) is 11.9. The molecule has 0 aromatic rings. The number of nitrogens with zero attached hydrogens (tertiary/aromatic N) is 1. The summed E-state index contributed by atoms with van der Waals surface area (Å²) in [5, 5.41) is 9.36. The molecule has 0 unspecified atom stereocenters. The van der Waals surface area contributed by atoms with Crippen molar-refractivity contribution in [2.24, 2.45) is 0 Å². The monoisotopic (exact) mass is 286 g/mol. The van der Waals surface area contributed by atoms with Crippen LogP contribution in [0.25, 0.3) is 0 Å². The van der Waals surface area contributed by atoms with Gasteiger partial charge < -0.3 is 9.59 Å². The van der Waals surface area contributed by atoms with Gasteiger partial charge in [0, 0.05) is 0 Å². The summed E-state index contributed by atoms with van der Waals surface area (Å²) in [5.41, 5.74) is 0. The second-order valence-electron chi connectivity index (χ2n) is 6.43. The Bertz CT molecular complexity index is 177. The summed E-state index contributed by atoms with van der Waals surface area (Å²) in [7, 11) is 0. The van der Waals surface area contributed by atoms with Crippen molar-refractivity contribution in [2.45, 2.75) is 85.0 Å². The summed E-state index contributed by atoms with van der Waals surface area (Å²) < 4.78 is 1.15. The molecule has 2 nitrogen and oxygen atoms in total. The molecule has 0 bridgehead atoms. The number of hydrogen-bond acceptors (Lipinski definition) is 1. The Kier molecular flexibility index (Phi) is 13.8. The number of hydrogen-bond donors (Lipinski definition) is 1. The molecule has 0 spiro atoms. The van der Waals surface area contributed by atoms with Crippen LogP contribution in [0.5, 0.6) is 0 Å². The molecule has 0 aromatic heterocycles. The number of unbranched alkanes of at least 4 members (excludes halogenated alkanes) is 7. The van der Waals surface area contributed by atoms with Crippen LogP contribution in [-0.2, 0) is 0 Å². The predicted octanol–water partition coefficient (Wildman–Crippen LogP) is 4.76. The fourth-order valence-electron chi connectivity index (χ4n) is 3.41. The van der Waals surface area contributed by atoms with E-state index in [0.717, 1.165) is 11.0 Å². The average Bonchev–Trinajstić information content (AvgIpc) is 2.43. The molecule has 0 atom stereocenters. The van der Waals surface area contributed by atoms with Crippen LogP contribution in [0.3, 0.4) is 0 Å². The first-order valence-corrected chi connectivity index (χ1v) is 9.20. The fourth-order valence-corrected chi connectivity index (χ4v) is 3.41. The van der Waals surface area contributed by atoms with Gasteiger partial charge in [-0.15, -0.1) is 0 Å². The minimum atomic E-state index is 0.344. The normalized spacial score (nSPS) is 12.0. The highest BCUT2D eigenvalue weighted by Crippen LogP contribution is 2.14. The van der Waals surface area contributed by atoms with E-state index in [1.165, 1.54) is 83.8 Å². The Morgan fingerprint density at radius 1 is 0.550 bits per heavy atom. The van der Waals surface area contributed by atoms with E-state index in [2.05, 4.69) is 20.8 Å². The molecule has 0 aliphatic heterocycles. The molecule has 0 aromatic carbocycles. The fraction of sp³-hybridized carbons (Fsp3) is 1.00. The minimum absolute atomic E-state index is 0.344. The highest BCUT2D eigenvalue weighted by Gasteiger charge is 2.24. The lowest BCUT2D eigenvalue weighted by atomic mass is 10.1. The largest absolute Gasteiger partial charge is 0.391 e. The Morgan fingerprint density at radius 3 is 1.50 bits per heavy atom. The Balaban J connectivity index is 3.82. The van der Waals surface area contributed by atoms with Crippen LogP contribution in [0.1, 0.15) is 85.0 Å². The van der Waals surface area contributed by atoms with Crippen LogP contribution < -0.4 is 0 Å². The van der Waals surface area contributed by atoms with Gasteiger partial charge in [0.15, 0.2) is 0 Å². The maximum Gasteiger partial charge on any atom is 0.102 e. The molecule has 0 aliphatic carbocycles. The van der Waals surface area contributed by atoms with E-state index in [1.54, 1.807) is 0 Å². The maximum atomic E-state index is 9.36. The second-order valence-corrected chi connectivity index (χ2v) is 6.43. The molecular formula is C18H40NO+. The molecule has 0 saturated carbocycles. The zero-order valence-electron chi connectivity index (χ0n) is 14.5. The molecule has 0 saturated heterocycles. The highest BCUT2D eigenvalue weighted by molar-refractivity contribution is 4.49. The van der Waals surface area contributed by atoms with E-state index in [1.807, 2.05) is 0 Å². The Labute approximate surface area is 128 Å². The van der Waals surface area contributed by atoms with E-state index in [4.69, 9.17) is 0 Å². The van der Waals surface area contributed by atoms with Crippen molar-refractivity contribution >= 4 is 0 Å². The Morgan fingerprint density at radius 2 is 1.05 bits per heavy atom. The van der Waals surface area contributed by atoms with E-state index in [9.17, 15) is 5.11 Å². The zero-order valence-corrected chi connectivity index (χ0v) is 14.5. The van der Waals surface area contributed by atoms with Crippen LogP contribution in [0.2, 0.25) is 0 Å². The molecule has 0 fully saturated rings. The first kappa shape index (κ1) is 19.9. The van der Waals surface area contributed by atoms with Crippen molar-refractivity contribution in [1.29, 1.82) is 0 Å². The summed E-state index contributed by atoms with van der Waals surface area (Å²) >= 11 is 0. The van der Waals surface area contributed by atoms with Crippen LogP contribution in [0, 0.1) is 0 Å². The van der Waals surface area contributed by atoms with E-state index >= 15 is 0 Å². The van der Waals surface area contributed by atoms with Gasteiger partial charge in [-0.1, -0.05) is 59.3 Å². The van der Waals surface area contributed by atoms with Gasteiger partial charge in [0.2, 0.25) is 0 Å². The third kappa shape index (κ3) is 9.77. The van der Waals surface area contributed by atoms with Gasteiger partial charge >= 0.3 is 0 Å². The number of aliphatic hydroxyl groups is 1. The number of aliphatic hydroxyl groups excluding tert-OH is 1. The van der Waals surface area contributed by atoms with Crippen molar-refractivity contribution in [3.8, 4) is 0 Å². The third-order valence-electron chi connectivity index (χ3n) is 4.46. The van der Waals surface area contributed by atoms with Crippen molar-refractivity contribution in [2.75, 3.05) is 32.8 Å². The molecule has 2 heteroatoms. The van der Waals surface area contributed by atoms with Crippen molar-refractivity contribution < 1.29 is 9.59 Å². The number of rotatable bonds is 15. The molecule has 0 aliphatic rings. The van der Waals surface area contributed by atoms with Gasteiger partial charge in [0.25, 0.3) is 0 Å². The van der Waals surface area contributed by atoms with Gasteiger partial charge in [-0.05, 0) is 25.7 Å². The maximum absolute atomic E-state index is 9.36. The molecule has 0 rings (SSSR count). The molecule has 20 heavy (non-hydrogen) atoms. The molecule has 0 heterocycles. The third-order valence-corrected chi connectivity index (χ3v) is 4.46. The van der Waals surface area contributed by atoms with E-state index in [0.29, 0.717) is 6.61 Å². The first-order valence-electron chi connectivity index (χ1n) is 9.20. The second kappa shape index (κ2) is 13.9. The Hall–Kier alpha value is -0.0800.